The minimum absolute atomic E-state index is 0.380. The average Bonchev–Trinajstić information content (AvgIpc) is 2.41. The normalized spacial score (nSPS) is 36.9. The van der Waals surface area contributed by atoms with Crippen LogP contribution in [0.3, 0.4) is 0 Å². The molecule has 2 rings (SSSR count). The summed E-state index contributed by atoms with van der Waals surface area (Å²) >= 11 is 0. The van der Waals surface area contributed by atoms with Gasteiger partial charge in [-0.15, -0.1) is 0 Å². The van der Waals surface area contributed by atoms with Gasteiger partial charge < -0.3 is 21.1 Å². The summed E-state index contributed by atoms with van der Waals surface area (Å²) in [6.45, 7) is 0. The lowest BCUT2D eigenvalue weighted by Crippen LogP contribution is -2.67. The zero-order valence-electron chi connectivity index (χ0n) is 11.9. The molecule has 112 valence electrons. The maximum Gasteiger partial charge on any atom is 0.145 e. The summed E-state index contributed by atoms with van der Waals surface area (Å²) in [4.78, 5) is 0. The Morgan fingerprint density at radius 1 is 1.05 bits per heavy atom. The van der Waals surface area contributed by atoms with Gasteiger partial charge in [0, 0.05) is 0 Å². The van der Waals surface area contributed by atoms with Gasteiger partial charge in [0.2, 0.25) is 0 Å². The van der Waals surface area contributed by atoms with Crippen LogP contribution in [0.2, 0.25) is 0 Å². The van der Waals surface area contributed by atoms with Crippen molar-refractivity contribution in [1.82, 2.24) is 0 Å². The molecule has 2 saturated carbocycles. The van der Waals surface area contributed by atoms with Crippen molar-refractivity contribution < 1.29 is 15.3 Å². The zero-order valence-corrected chi connectivity index (χ0v) is 11.9. The maximum atomic E-state index is 10.6. The summed E-state index contributed by atoms with van der Waals surface area (Å²) in [5, 5.41) is 31.1. The lowest BCUT2D eigenvalue weighted by atomic mass is 9.72. The number of rotatable bonds is 4. The van der Waals surface area contributed by atoms with Crippen LogP contribution in [0.15, 0.2) is 0 Å². The first-order chi connectivity index (χ1) is 8.96. The van der Waals surface area contributed by atoms with E-state index in [0.717, 1.165) is 19.3 Å². The smallest absolute Gasteiger partial charge is 0.145 e. The van der Waals surface area contributed by atoms with Crippen LogP contribution in [0.4, 0.5) is 0 Å². The van der Waals surface area contributed by atoms with Crippen LogP contribution in [-0.4, -0.2) is 32.7 Å². The quantitative estimate of drug-likeness (QED) is 0.586. The number of aliphatic hydroxyl groups is 3. The predicted octanol–water partition coefficient (Wildman–Crippen LogP) is 1.66. The van der Waals surface area contributed by atoms with Gasteiger partial charge in [0.05, 0.1) is 6.10 Å². The average molecular weight is 271 g/mol. The van der Waals surface area contributed by atoms with Gasteiger partial charge in [0.15, 0.2) is 0 Å². The van der Waals surface area contributed by atoms with Gasteiger partial charge in [0.1, 0.15) is 11.3 Å². The summed E-state index contributed by atoms with van der Waals surface area (Å²) in [5.74, 6) is 0.619. The zero-order chi connectivity index (χ0) is 13.9. The second kappa shape index (κ2) is 6.08. The molecule has 2 fully saturated rings. The molecule has 0 bridgehead atoms. The first-order valence-corrected chi connectivity index (χ1v) is 7.87. The van der Waals surface area contributed by atoms with Crippen molar-refractivity contribution in [3.05, 3.63) is 0 Å². The van der Waals surface area contributed by atoms with Crippen LogP contribution >= 0.6 is 0 Å². The molecule has 0 aromatic rings. The van der Waals surface area contributed by atoms with Gasteiger partial charge in [-0.1, -0.05) is 44.9 Å². The van der Waals surface area contributed by atoms with E-state index in [0.29, 0.717) is 25.2 Å². The number of nitrogens with two attached hydrogens (primary N) is 1. The van der Waals surface area contributed by atoms with E-state index in [1.54, 1.807) is 0 Å². The molecule has 0 aliphatic heterocycles. The van der Waals surface area contributed by atoms with Gasteiger partial charge in [-0.2, -0.15) is 0 Å². The van der Waals surface area contributed by atoms with Crippen molar-refractivity contribution in [2.75, 3.05) is 0 Å². The Morgan fingerprint density at radius 3 is 2.32 bits per heavy atom. The molecule has 3 atom stereocenters. The van der Waals surface area contributed by atoms with Crippen molar-refractivity contribution in [3.63, 3.8) is 0 Å². The second-order valence-corrected chi connectivity index (χ2v) is 6.65. The highest BCUT2D eigenvalue weighted by atomic mass is 16.4. The molecular formula is C15H29NO3. The van der Waals surface area contributed by atoms with Crippen LogP contribution in [0.25, 0.3) is 0 Å². The third-order valence-electron chi connectivity index (χ3n) is 5.24. The van der Waals surface area contributed by atoms with Crippen LogP contribution in [-0.2, 0) is 0 Å². The summed E-state index contributed by atoms with van der Waals surface area (Å²) < 4.78 is 0. The van der Waals surface area contributed by atoms with Crippen LogP contribution in [0.5, 0.6) is 0 Å². The lowest BCUT2D eigenvalue weighted by Gasteiger charge is -2.47. The highest BCUT2D eigenvalue weighted by molar-refractivity contribution is 5.02. The molecule has 0 amide bonds. The molecule has 2 aliphatic rings. The summed E-state index contributed by atoms with van der Waals surface area (Å²) in [7, 11) is 0. The van der Waals surface area contributed by atoms with E-state index in [1.165, 1.54) is 32.1 Å². The highest BCUT2D eigenvalue weighted by Gasteiger charge is 2.52. The monoisotopic (exact) mass is 271 g/mol. The fourth-order valence-electron chi connectivity index (χ4n) is 3.76. The number of hydrogen-bond donors (Lipinski definition) is 4. The summed E-state index contributed by atoms with van der Waals surface area (Å²) in [6.07, 6.45) is 9.21. The van der Waals surface area contributed by atoms with E-state index in [-0.39, 0.29) is 0 Å². The van der Waals surface area contributed by atoms with Gasteiger partial charge in [-0.3, -0.25) is 0 Å². The molecule has 5 N–H and O–H groups in total. The van der Waals surface area contributed by atoms with Gasteiger partial charge in [0.25, 0.3) is 0 Å². The van der Waals surface area contributed by atoms with Crippen molar-refractivity contribution in [3.8, 4) is 0 Å². The Kier molecular flexibility index (Phi) is 4.88. The van der Waals surface area contributed by atoms with Gasteiger partial charge >= 0.3 is 0 Å². The topological polar surface area (TPSA) is 86.7 Å². The lowest BCUT2D eigenvalue weighted by molar-refractivity contribution is -0.218. The van der Waals surface area contributed by atoms with E-state index in [9.17, 15) is 15.3 Å². The third-order valence-corrected chi connectivity index (χ3v) is 5.24. The molecule has 2 unspecified atom stereocenters. The van der Waals surface area contributed by atoms with Crippen LogP contribution in [0.1, 0.15) is 70.6 Å². The molecule has 19 heavy (non-hydrogen) atoms. The van der Waals surface area contributed by atoms with Crippen molar-refractivity contribution >= 4 is 0 Å². The van der Waals surface area contributed by atoms with E-state index in [2.05, 4.69) is 0 Å². The van der Waals surface area contributed by atoms with E-state index in [1.807, 2.05) is 0 Å². The third kappa shape index (κ3) is 3.30. The molecule has 0 radical (unpaired) electrons. The highest BCUT2D eigenvalue weighted by Crippen LogP contribution is 2.38. The minimum Gasteiger partial charge on any atom is -0.390 e. The van der Waals surface area contributed by atoms with Crippen molar-refractivity contribution in [2.45, 2.75) is 88.1 Å². The minimum atomic E-state index is -1.66. The first-order valence-electron chi connectivity index (χ1n) is 7.87. The molecule has 0 aromatic carbocycles. The van der Waals surface area contributed by atoms with Gasteiger partial charge in [-0.25, -0.2) is 0 Å². The van der Waals surface area contributed by atoms with E-state index >= 15 is 0 Å². The molecule has 0 aromatic heterocycles. The molecule has 0 heterocycles. The summed E-state index contributed by atoms with van der Waals surface area (Å²) in [6, 6.07) is 0. The van der Waals surface area contributed by atoms with Gasteiger partial charge in [-0.05, 0) is 31.6 Å². The fourth-order valence-corrected chi connectivity index (χ4v) is 3.76. The second-order valence-electron chi connectivity index (χ2n) is 6.65. The largest absolute Gasteiger partial charge is 0.390 e. The SMILES string of the molecule is N[C@@](O)(CCC1CCCCC1)C1(O)CCCCC1O. The van der Waals surface area contributed by atoms with Crippen LogP contribution < -0.4 is 5.73 Å². The molecule has 2 aliphatic carbocycles. The van der Waals surface area contributed by atoms with Crippen molar-refractivity contribution in [1.29, 1.82) is 0 Å². The molecule has 4 nitrogen and oxygen atoms in total. The molecule has 4 heteroatoms. The Balaban J connectivity index is 1.92. The number of hydrogen-bond acceptors (Lipinski definition) is 4. The van der Waals surface area contributed by atoms with E-state index in [4.69, 9.17) is 5.73 Å². The Hall–Kier alpha value is -0.160. The predicted molar refractivity (Wildman–Crippen MR) is 74.4 cm³/mol. The maximum absolute atomic E-state index is 10.6. The Morgan fingerprint density at radius 2 is 1.68 bits per heavy atom. The molecular weight excluding hydrogens is 242 g/mol. The van der Waals surface area contributed by atoms with E-state index < -0.39 is 17.4 Å². The number of aliphatic hydroxyl groups excluding tert-OH is 1. The fraction of sp³-hybridized carbons (Fsp3) is 1.00. The Bertz CT molecular complexity index is 289. The van der Waals surface area contributed by atoms with Crippen LogP contribution in [0, 0.1) is 5.92 Å². The first kappa shape index (κ1) is 15.2. The Labute approximate surface area is 116 Å². The standard InChI is InChI=1S/C15H29NO3/c16-15(19,11-9-12-6-2-1-3-7-12)14(18)10-5-4-8-13(14)17/h12-13,17-19H,1-11,16H2/t13?,14?,15-/m1/s1. The van der Waals surface area contributed by atoms with Crippen molar-refractivity contribution in [2.24, 2.45) is 11.7 Å². The summed E-state index contributed by atoms with van der Waals surface area (Å²) in [5.41, 5.74) is 2.79. The molecule has 0 spiro atoms. The molecule has 0 saturated heterocycles.